The molecule has 1 heterocycles. The average molecular weight is 223 g/mol. The molecule has 1 aromatic rings. The van der Waals surface area contributed by atoms with Gasteiger partial charge in [0.1, 0.15) is 5.82 Å². The van der Waals surface area contributed by atoms with Crippen LogP contribution < -0.4 is 10.6 Å². The molecule has 88 valence electrons. The first-order chi connectivity index (χ1) is 7.72. The molecule has 0 spiro atoms. The van der Waals surface area contributed by atoms with Gasteiger partial charge in [0.2, 0.25) is 0 Å². The molecular formula is C12H18FN3. The van der Waals surface area contributed by atoms with Crippen molar-refractivity contribution in [3.8, 4) is 0 Å². The number of nitrogen functional groups attached to an aromatic ring is 1. The lowest BCUT2D eigenvalue weighted by Crippen LogP contribution is -2.46. The van der Waals surface area contributed by atoms with Crippen molar-refractivity contribution in [1.82, 2.24) is 4.90 Å². The van der Waals surface area contributed by atoms with E-state index < -0.39 is 0 Å². The van der Waals surface area contributed by atoms with E-state index in [4.69, 9.17) is 5.73 Å². The van der Waals surface area contributed by atoms with Gasteiger partial charge in [-0.25, -0.2) is 4.39 Å². The lowest BCUT2D eigenvalue weighted by Gasteiger charge is -2.36. The van der Waals surface area contributed by atoms with E-state index in [9.17, 15) is 4.39 Å². The summed E-state index contributed by atoms with van der Waals surface area (Å²) in [6.07, 6.45) is 0. The van der Waals surface area contributed by atoms with Crippen LogP contribution in [0.2, 0.25) is 0 Å². The van der Waals surface area contributed by atoms with E-state index in [0.717, 1.165) is 38.4 Å². The predicted molar refractivity (Wildman–Crippen MR) is 65.1 cm³/mol. The molecule has 0 bridgehead atoms. The van der Waals surface area contributed by atoms with E-state index in [-0.39, 0.29) is 11.5 Å². The molecule has 0 atom stereocenters. The molecule has 1 fully saturated rings. The second kappa shape index (κ2) is 4.70. The Morgan fingerprint density at radius 3 is 2.56 bits per heavy atom. The first kappa shape index (κ1) is 11.2. The van der Waals surface area contributed by atoms with Crippen molar-refractivity contribution in [3.63, 3.8) is 0 Å². The quantitative estimate of drug-likeness (QED) is 0.772. The van der Waals surface area contributed by atoms with Crippen molar-refractivity contribution < 1.29 is 4.39 Å². The van der Waals surface area contributed by atoms with Crippen LogP contribution in [-0.2, 0) is 0 Å². The third kappa shape index (κ3) is 2.11. The van der Waals surface area contributed by atoms with Crippen LogP contribution in [-0.4, -0.2) is 37.6 Å². The lowest BCUT2D eigenvalue weighted by molar-refractivity contribution is 0.271. The maximum absolute atomic E-state index is 13.3. The van der Waals surface area contributed by atoms with Crippen LogP contribution in [0.1, 0.15) is 6.92 Å². The highest BCUT2D eigenvalue weighted by Crippen LogP contribution is 2.26. The Kier molecular flexibility index (Phi) is 3.29. The van der Waals surface area contributed by atoms with Crippen LogP contribution in [0.3, 0.4) is 0 Å². The van der Waals surface area contributed by atoms with Gasteiger partial charge in [-0.1, -0.05) is 13.0 Å². The molecule has 4 heteroatoms. The number of nitrogens with zero attached hydrogens (tertiary/aromatic N) is 2. The summed E-state index contributed by atoms with van der Waals surface area (Å²) in [6.45, 7) is 7.11. The molecular weight excluding hydrogens is 205 g/mol. The number of hydrogen-bond acceptors (Lipinski definition) is 3. The van der Waals surface area contributed by atoms with Gasteiger partial charge in [0, 0.05) is 26.2 Å². The second-order valence-electron chi connectivity index (χ2n) is 4.09. The monoisotopic (exact) mass is 223 g/mol. The lowest BCUT2D eigenvalue weighted by atomic mass is 10.2. The highest BCUT2D eigenvalue weighted by Gasteiger charge is 2.18. The van der Waals surface area contributed by atoms with Crippen molar-refractivity contribution >= 4 is 11.4 Å². The molecule has 1 aromatic carbocycles. The van der Waals surface area contributed by atoms with Crippen LogP contribution in [0.4, 0.5) is 15.8 Å². The zero-order valence-corrected chi connectivity index (χ0v) is 9.62. The Morgan fingerprint density at radius 2 is 1.94 bits per heavy atom. The fourth-order valence-corrected chi connectivity index (χ4v) is 2.11. The number of hydrogen-bond donors (Lipinski definition) is 1. The summed E-state index contributed by atoms with van der Waals surface area (Å²) >= 11 is 0. The Balaban J connectivity index is 2.11. The third-order valence-electron chi connectivity index (χ3n) is 3.19. The van der Waals surface area contributed by atoms with Crippen molar-refractivity contribution in [3.05, 3.63) is 24.0 Å². The van der Waals surface area contributed by atoms with Crippen molar-refractivity contribution in [1.29, 1.82) is 0 Å². The predicted octanol–water partition coefficient (Wildman–Crippen LogP) is 1.55. The summed E-state index contributed by atoms with van der Waals surface area (Å²) in [5.74, 6) is -0.324. The molecule has 0 aliphatic carbocycles. The van der Waals surface area contributed by atoms with E-state index in [2.05, 4.69) is 16.7 Å². The Morgan fingerprint density at radius 1 is 1.25 bits per heavy atom. The number of rotatable bonds is 2. The van der Waals surface area contributed by atoms with E-state index in [1.807, 2.05) is 6.07 Å². The summed E-state index contributed by atoms with van der Waals surface area (Å²) in [6, 6.07) is 5.01. The largest absolute Gasteiger partial charge is 0.395 e. The Hall–Kier alpha value is -1.29. The number of likely N-dealkylation sites (N-methyl/N-ethyl adjacent to an activating group) is 1. The van der Waals surface area contributed by atoms with Crippen LogP contribution in [0, 0.1) is 5.82 Å². The molecule has 0 aromatic heterocycles. The van der Waals surface area contributed by atoms with Gasteiger partial charge in [-0.3, -0.25) is 0 Å². The number of nitrogens with two attached hydrogens (primary N) is 1. The van der Waals surface area contributed by atoms with Crippen LogP contribution in [0.15, 0.2) is 18.2 Å². The van der Waals surface area contributed by atoms with Crippen LogP contribution in [0.25, 0.3) is 0 Å². The molecule has 16 heavy (non-hydrogen) atoms. The van der Waals surface area contributed by atoms with E-state index in [0.29, 0.717) is 0 Å². The van der Waals surface area contributed by atoms with Crippen LogP contribution in [0.5, 0.6) is 0 Å². The first-order valence-electron chi connectivity index (χ1n) is 5.73. The molecule has 1 aliphatic heterocycles. The SMILES string of the molecule is CCN1CCN(c2cccc(F)c2N)CC1. The molecule has 2 rings (SSSR count). The van der Waals surface area contributed by atoms with Gasteiger partial charge in [-0.2, -0.15) is 0 Å². The zero-order valence-electron chi connectivity index (χ0n) is 9.62. The standard InChI is InChI=1S/C12H18FN3/c1-2-15-6-8-16(9-7-15)11-5-3-4-10(13)12(11)14/h3-5H,2,6-9,14H2,1H3. The van der Waals surface area contributed by atoms with E-state index in [1.54, 1.807) is 6.07 Å². The van der Waals surface area contributed by atoms with Gasteiger partial charge in [-0.05, 0) is 18.7 Å². The van der Waals surface area contributed by atoms with Crippen molar-refractivity contribution in [2.45, 2.75) is 6.92 Å². The Bertz CT molecular complexity index is 359. The summed E-state index contributed by atoms with van der Waals surface area (Å²) in [7, 11) is 0. The number of anilines is 2. The fourth-order valence-electron chi connectivity index (χ4n) is 2.11. The van der Waals surface area contributed by atoms with Gasteiger partial charge in [-0.15, -0.1) is 0 Å². The van der Waals surface area contributed by atoms with Gasteiger partial charge in [0.15, 0.2) is 0 Å². The normalized spacial score (nSPS) is 17.8. The summed E-state index contributed by atoms with van der Waals surface area (Å²) in [5, 5.41) is 0. The average Bonchev–Trinajstić information content (AvgIpc) is 2.33. The molecule has 0 radical (unpaired) electrons. The molecule has 1 aliphatic rings. The number of para-hydroxylation sites is 1. The highest BCUT2D eigenvalue weighted by atomic mass is 19.1. The van der Waals surface area contributed by atoms with E-state index >= 15 is 0 Å². The molecule has 3 nitrogen and oxygen atoms in total. The van der Waals surface area contributed by atoms with Gasteiger partial charge < -0.3 is 15.5 Å². The zero-order chi connectivity index (χ0) is 11.5. The molecule has 0 amide bonds. The highest BCUT2D eigenvalue weighted by molar-refractivity contribution is 5.68. The molecule has 2 N–H and O–H groups in total. The number of piperazine rings is 1. The van der Waals surface area contributed by atoms with Gasteiger partial charge >= 0.3 is 0 Å². The van der Waals surface area contributed by atoms with Crippen LogP contribution >= 0.6 is 0 Å². The summed E-state index contributed by atoms with van der Waals surface area (Å²) in [4.78, 5) is 4.54. The third-order valence-corrected chi connectivity index (χ3v) is 3.19. The number of halogens is 1. The second-order valence-corrected chi connectivity index (χ2v) is 4.09. The smallest absolute Gasteiger partial charge is 0.148 e. The molecule has 1 saturated heterocycles. The van der Waals surface area contributed by atoms with E-state index in [1.165, 1.54) is 6.07 Å². The molecule has 0 saturated carbocycles. The van der Waals surface area contributed by atoms with Gasteiger partial charge in [0.25, 0.3) is 0 Å². The Labute approximate surface area is 95.6 Å². The topological polar surface area (TPSA) is 32.5 Å². The summed E-state index contributed by atoms with van der Waals surface area (Å²) in [5.41, 5.74) is 6.85. The number of benzene rings is 1. The fraction of sp³-hybridized carbons (Fsp3) is 0.500. The van der Waals surface area contributed by atoms with Crippen molar-refractivity contribution in [2.24, 2.45) is 0 Å². The summed E-state index contributed by atoms with van der Waals surface area (Å²) < 4.78 is 13.3. The maximum atomic E-state index is 13.3. The molecule has 0 unspecified atom stereocenters. The maximum Gasteiger partial charge on any atom is 0.148 e. The minimum Gasteiger partial charge on any atom is -0.395 e. The van der Waals surface area contributed by atoms with Gasteiger partial charge in [0.05, 0.1) is 11.4 Å². The minimum absolute atomic E-state index is 0.271. The minimum atomic E-state index is -0.324. The first-order valence-corrected chi connectivity index (χ1v) is 5.73. The van der Waals surface area contributed by atoms with Crippen molar-refractivity contribution in [2.75, 3.05) is 43.4 Å².